The number of aromatic nitrogens is 1. The molecule has 0 radical (unpaired) electrons. The maximum Gasteiger partial charge on any atom is 0.123 e. The minimum atomic E-state index is 0.572. The first kappa shape index (κ1) is 8.91. The minimum absolute atomic E-state index is 0.572. The summed E-state index contributed by atoms with van der Waals surface area (Å²) < 4.78 is 0. The fourth-order valence-corrected chi connectivity index (χ4v) is 0.376. The summed E-state index contributed by atoms with van der Waals surface area (Å²) in [4.78, 5) is 3.76. The average molecular weight is 139 g/mol. The Morgan fingerprint density at radius 1 is 1.40 bits per heavy atom. The number of nitrogens with two attached hydrogens (primary N) is 1. The largest absolute Gasteiger partial charge is 0.384 e. The van der Waals surface area contributed by atoms with Crippen molar-refractivity contribution < 1.29 is 0 Å². The van der Waals surface area contributed by atoms with E-state index in [-0.39, 0.29) is 0 Å². The summed E-state index contributed by atoms with van der Waals surface area (Å²) in [5.41, 5.74) is 5.25. The van der Waals surface area contributed by atoms with Crippen molar-refractivity contribution in [3.8, 4) is 0 Å². The van der Waals surface area contributed by atoms with Gasteiger partial charge in [-0.2, -0.15) is 0 Å². The van der Waals surface area contributed by atoms with E-state index >= 15 is 0 Å². The molecule has 0 fully saturated rings. The Labute approximate surface area is 61.3 Å². The van der Waals surface area contributed by atoms with Crippen LogP contribution in [0, 0.1) is 0 Å². The Kier molecular flexibility index (Phi) is 5.38. The fourth-order valence-electron chi connectivity index (χ4n) is 0.376. The Morgan fingerprint density at radius 3 is 2.20 bits per heavy atom. The molecule has 0 spiro atoms. The molecule has 3 nitrogen and oxygen atoms in total. The van der Waals surface area contributed by atoms with Crippen LogP contribution in [0.4, 0.5) is 5.82 Å². The van der Waals surface area contributed by atoms with Gasteiger partial charge in [-0.05, 0) is 26.2 Å². The van der Waals surface area contributed by atoms with Crippen LogP contribution in [-0.4, -0.2) is 19.1 Å². The number of nitrogens with zero attached hydrogens (tertiary/aromatic N) is 1. The molecule has 0 bridgehead atoms. The average Bonchev–Trinajstić information content (AvgIpc) is 1.91. The maximum absolute atomic E-state index is 5.25. The Bertz CT molecular complexity index is 150. The van der Waals surface area contributed by atoms with Crippen molar-refractivity contribution in [2.75, 3.05) is 19.8 Å². The van der Waals surface area contributed by atoms with Crippen molar-refractivity contribution in [2.24, 2.45) is 0 Å². The highest BCUT2D eigenvalue weighted by Crippen LogP contribution is 1.89. The van der Waals surface area contributed by atoms with Crippen LogP contribution in [0.15, 0.2) is 24.4 Å². The lowest BCUT2D eigenvalue weighted by Gasteiger charge is -1.82. The predicted octanol–water partition coefficient (Wildman–Crippen LogP) is 0.499. The van der Waals surface area contributed by atoms with Crippen molar-refractivity contribution in [3.05, 3.63) is 24.4 Å². The summed E-state index contributed by atoms with van der Waals surface area (Å²) in [6.07, 6.45) is 1.66. The second-order valence-electron chi connectivity index (χ2n) is 1.75. The van der Waals surface area contributed by atoms with Gasteiger partial charge in [0.05, 0.1) is 0 Å². The van der Waals surface area contributed by atoms with Crippen LogP contribution in [0.1, 0.15) is 0 Å². The van der Waals surface area contributed by atoms with Gasteiger partial charge in [-0.15, -0.1) is 0 Å². The summed E-state index contributed by atoms with van der Waals surface area (Å²) in [6, 6.07) is 5.43. The predicted molar refractivity (Wildman–Crippen MR) is 43.6 cm³/mol. The molecule has 0 aliphatic heterocycles. The number of pyridine rings is 1. The van der Waals surface area contributed by atoms with E-state index in [0.717, 1.165) is 0 Å². The van der Waals surface area contributed by atoms with Crippen LogP contribution in [0.2, 0.25) is 0 Å². The van der Waals surface area contributed by atoms with E-state index in [1.807, 2.05) is 26.2 Å². The van der Waals surface area contributed by atoms with Crippen LogP contribution in [0.25, 0.3) is 0 Å². The summed E-state index contributed by atoms with van der Waals surface area (Å²) in [6.45, 7) is 0. The number of hydrogen-bond acceptors (Lipinski definition) is 3. The topological polar surface area (TPSA) is 50.9 Å². The van der Waals surface area contributed by atoms with E-state index in [1.54, 1.807) is 12.3 Å². The molecule has 0 amide bonds. The fraction of sp³-hybridized carbons (Fsp3) is 0.286. The van der Waals surface area contributed by atoms with Crippen molar-refractivity contribution in [3.63, 3.8) is 0 Å². The zero-order valence-electron chi connectivity index (χ0n) is 6.33. The van der Waals surface area contributed by atoms with Crippen molar-refractivity contribution >= 4 is 5.82 Å². The van der Waals surface area contributed by atoms with E-state index in [1.165, 1.54) is 0 Å². The molecule has 0 atom stereocenters. The molecule has 1 aromatic rings. The SMILES string of the molecule is CNC.Nc1ccccn1. The molecular formula is C7H13N3. The van der Waals surface area contributed by atoms with Gasteiger partial charge in [0.15, 0.2) is 0 Å². The zero-order chi connectivity index (χ0) is 7.82. The van der Waals surface area contributed by atoms with Gasteiger partial charge in [0.2, 0.25) is 0 Å². The molecule has 1 heterocycles. The maximum atomic E-state index is 5.25. The third kappa shape index (κ3) is 5.05. The lowest BCUT2D eigenvalue weighted by atomic mass is 10.5. The number of nitrogen functional groups attached to an aromatic ring is 1. The first-order valence-electron chi connectivity index (χ1n) is 3.06. The molecule has 56 valence electrons. The number of anilines is 1. The van der Waals surface area contributed by atoms with E-state index in [0.29, 0.717) is 5.82 Å². The Balaban J connectivity index is 0.000000236. The molecule has 0 saturated heterocycles. The lowest BCUT2D eigenvalue weighted by molar-refractivity contribution is 1.02. The van der Waals surface area contributed by atoms with Crippen LogP contribution in [-0.2, 0) is 0 Å². The highest BCUT2D eigenvalue weighted by Gasteiger charge is 1.73. The summed E-state index contributed by atoms with van der Waals surface area (Å²) in [5.74, 6) is 0.572. The summed E-state index contributed by atoms with van der Waals surface area (Å²) in [7, 11) is 3.75. The number of hydrogen-bond donors (Lipinski definition) is 2. The molecule has 10 heavy (non-hydrogen) atoms. The smallest absolute Gasteiger partial charge is 0.123 e. The second kappa shape index (κ2) is 6.04. The standard InChI is InChI=1S/C5H6N2.C2H7N/c6-5-3-1-2-4-7-5;1-3-2/h1-4H,(H2,6,7);3H,1-2H3. The Hall–Kier alpha value is -1.09. The van der Waals surface area contributed by atoms with E-state index in [4.69, 9.17) is 5.73 Å². The van der Waals surface area contributed by atoms with Crippen LogP contribution in [0.3, 0.4) is 0 Å². The molecule has 1 rings (SSSR count). The third-order valence-electron chi connectivity index (χ3n) is 0.688. The van der Waals surface area contributed by atoms with Crippen molar-refractivity contribution in [1.82, 2.24) is 10.3 Å². The molecule has 3 N–H and O–H groups in total. The molecular weight excluding hydrogens is 126 g/mol. The zero-order valence-corrected chi connectivity index (χ0v) is 6.33. The van der Waals surface area contributed by atoms with Gasteiger partial charge in [-0.25, -0.2) is 4.98 Å². The third-order valence-corrected chi connectivity index (χ3v) is 0.688. The van der Waals surface area contributed by atoms with E-state index in [9.17, 15) is 0 Å². The van der Waals surface area contributed by atoms with Gasteiger partial charge in [0.25, 0.3) is 0 Å². The molecule has 0 aliphatic rings. The molecule has 0 aliphatic carbocycles. The van der Waals surface area contributed by atoms with Crippen molar-refractivity contribution in [1.29, 1.82) is 0 Å². The van der Waals surface area contributed by atoms with E-state index in [2.05, 4.69) is 10.3 Å². The molecule has 3 heteroatoms. The monoisotopic (exact) mass is 139 g/mol. The van der Waals surface area contributed by atoms with Gasteiger partial charge in [-0.3, -0.25) is 0 Å². The summed E-state index contributed by atoms with van der Waals surface area (Å²) >= 11 is 0. The quantitative estimate of drug-likeness (QED) is 0.550. The van der Waals surface area contributed by atoms with Crippen LogP contribution in [0.5, 0.6) is 0 Å². The van der Waals surface area contributed by atoms with Gasteiger partial charge in [0, 0.05) is 6.20 Å². The van der Waals surface area contributed by atoms with Gasteiger partial charge in [0.1, 0.15) is 5.82 Å². The molecule has 0 aromatic carbocycles. The number of nitrogens with one attached hydrogen (secondary N) is 1. The first-order chi connectivity index (χ1) is 4.81. The van der Waals surface area contributed by atoms with Crippen LogP contribution >= 0.6 is 0 Å². The minimum Gasteiger partial charge on any atom is -0.384 e. The highest BCUT2D eigenvalue weighted by atomic mass is 14.8. The van der Waals surface area contributed by atoms with Gasteiger partial charge >= 0.3 is 0 Å². The van der Waals surface area contributed by atoms with E-state index < -0.39 is 0 Å². The van der Waals surface area contributed by atoms with Crippen molar-refractivity contribution in [2.45, 2.75) is 0 Å². The van der Waals surface area contributed by atoms with Crippen LogP contribution < -0.4 is 11.1 Å². The first-order valence-corrected chi connectivity index (χ1v) is 3.06. The van der Waals surface area contributed by atoms with Gasteiger partial charge < -0.3 is 11.1 Å². The number of rotatable bonds is 0. The Morgan fingerprint density at radius 2 is 2.00 bits per heavy atom. The highest BCUT2D eigenvalue weighted by molar-refractivity contribution is 5.25. The second-order valence-corrected chi connectivity index (χ2v) is 1.75. The molecule has 1 aromatic heterocycles. The van der Waals surface area contributed by atoms with Gasteiger partial charge in [-0.1, -0.05) is 6.07 Å². The lowest BCUT2D eigenvalue weighted by Crippen LogP contribution is -1.89. The molecule has 0 unspecified atom stereocenters. The molecule has 0 saturated carbocycles. The summed E-state index contributed by atoms with van der Waals surface area (Å²) in [5, 5.41) is 2.75. The normalized spacial score (nSPS) is 7.80.